The predicted octanol–water partition coefficient (Wildman–Crippen LogP) is 2.06. The molecule has 0 heterocycles. The maximum Gasteiger partial charge on any atom is 0.0681 e. The predicted molar refractivity (Wildman–Crippen MR) is 50.5 cm³/mol. The number of aliphatic hydroxyl groups is 1. The van der Waals surface area contributed by atoms with Gasteiger partial charge in [0.1, 0.15) is 0 Å². The summed E-state index contributed by atoms with van der Waals surface area (Å²) in [4.78, 5) is 0. The second-order valence-corrected chi connectivity index (χ2v) is 3.09. The van der Waals surface area contributed by atoms with Gasteiger partial charge in [-0.25, -0.2) is 0 Å². The van der Waals surface area contributed by atoms with Crippen molar-refractivity contribution in [2.24, 2.45) is 0 Å². The largest absolute Gasteiger partial charge is 0.392 e. The first-order chi connectivity index (χ1) is 5.79. The first-order valence-electron chi connectivity index (χ1n) is 4.27. The average molecular weight is 165 g/mol. The highest BCUT2D eigenvalue weighted by Crippen LogP contribution is 2.26. The lowest BCUT2D eigenvalue weighted by Crippen LogP contribution is -2.03. The second kappa shape index (κ2) is 4.21. The molecular weight excluding hydrogens is 150 g/mol. The third kappa shape index (κ3) is 1.83. The molecular formula is C10H15NO. The van der Waals surface area contributed by atoms with Crippen LogP contribution in [0.2, 0.25) is 0 Å². The summed E-state index contributed by atoms with van der Waals surface area (Å²) < 4.78 is 0. The van der Waals surface area contributed by atoms with Crippen LogP contribution in [0.25, 0.3) is 0 Å². The van der Waals surface area contributed by atoms with Crippen LogP contribution in [-0.4, -0.2) is 17.9 Å². The van der Waals surface area contributed by atoms with E-state index in [2.05, 4.69) is 13.0 Å². The molecule has 0 aliphatic heterocycles. The van der Waals surface area contributed by atoms with Crippen molar-refractivity contribution in [3.63, 3.8) is 0 Å². The normalized spacial score (nSPS) is 17.7. The van der Waals surface area contributed by atoms with Crippen molar-refractivity contribution < 1.29 is 5.11 Å². The van der Waals surface area contributed by atoms with E-state index < -0.39 is 0 Å². The van der Waals surface area contributed by atoms with Crippen LogP contribution in [0, 0.1) is 5.41 Å². The van der Waals surface area contributed by atoms with Crippen LogP contribution in [0.15, 0.2) is 22.8 Å². The third-order valence-electron chi connectivity index (χ3n) is 2.29. The molecule has 1 rings (SSSR count). The first-order valence-corrected chi connectivity index (χ1v) is 4.27. The van der Waals surface area contributed by atoms with Gasteiger partial charge >= 0.3 is 0 Å². The van der Waals surface area contributed by atoms with Crippen molar-refractivity contribution in [3.05, 3.63) is 22.8 Å². The quantitative estimate of drug-likeness (QED) is 0.618. The second-order valence-electron chi connectivity index (χ2n) is 3.09. The maximum atomic E-state index is 9.03. The minimum Gasteiger partial charge on any atom is -0.392 e. The Morgan fingerprint density at radius 2 is 2.42 bits per heavy atom. The number of hydrogen-bond donors (Lipinski definition) is 2. The molecule has 66 valence electrons. The molecule has 0 saturated carbocycles. The van der Waals surface area contributed by atoms with E-state index in [-0.39, 0.29) is 6.61 Å². The monoisotopic (exact) mass is 165 g/mol. The van der Waals surface area contributed by atoms with E-state index in [0.29, 0.717) is 6.42 Å². The molecule has 2 nitrogen and oxygen atoms in total. The summed E-state index contributed by atoms with van der Waals surface area (Å²) in [5.74, 6) is 0. The molecule has 0 amide bonds. The molecule has 0 radical (unpaired) electrons. The van der Waals surface area contributed by atoms with Gasteiger partial charge < -0.3 is 10.5 Å². The molecule has 0 unspecified atom stereocenters. The van der Waals surface area contributed by atoms with E-state index in [9.17, 15) is 0 Å². The molecule has 0 saturated heterocycles. The Morgan fingerprint density at radius 1 is 1.67 bits per heavy atom. The van der Waals surface area contributed by atoms with E-state index in [1.165, 1.54) is 17.4 Å². The highest BCUT2D eigenvalue weighted by molar-refractivity contribution is 5.61. The van der Waals surface area contributed by atoms with E-state index in [1.54, 1.807) is 0 Å². The Balaban J connectivity index is 2.86. The summed E-state index contributed by atoms with van der Waals surface area (Å²) in [6.45, 7) is 2.20. The maximum absolute atomic E-state index is 9.03. The highest BCUT2D eigenvalue weighted by atomic mass is 16.3. The minimum atomic E-state index is 0.112. The van der Waals surface area contributed by atoms with Crippen molar-refractivity contribution >= 4 is 6.21 Å². The van der Waals surface area contributed by atoms with Crippen molar-refractivity contribution in [2.75, 3.05) is 6.61 Å². The van der Waals surface area contributed by atoms with E-state index in [4.69, 9.17) is 10.5 Å². The van der Waals surface area contributed by atoms with Gasteiger partial charge in [0.25, 0.3) is 0 Å². The number of aliphatic hydroxyl groups excluding tert-OH is 1. The Kier molecular flexibility index (Phi) is 3.23. The van der Waals surface area contributed by atoms with E-state index >= 15 is 0 Å². The lowest BCUT2D eigenvalue weighted by Gasteiger charge is -2.17. The molecule has 0 fully saturated rings. The van der Waals surface area contributed by atoms with Gasteiger partial charge in [-0.2, -0.15) is 0 Å². The van der Waals surface area contributed by atoms with Crippen molar-refractivity contribution in [1.29, 1.82) is 5.41 Å². The molecule has 0 atom stereocenters. The SMILES string of the molecule is CC1=C(CC=N)C(CO)=CCC1. The summed E-state index contributed by atoms with van der Waals surface area (Å²) in [6, 6.07) is 0. The zero-order valence-electron chi connectivity index (χ0n) is 7.43. The zero-order chi connectivity index (χ0) is 8.97. The lowest BCUT2D eigenvalue weighted by molar-refractivity contribution is 0.332. The molecule has 0 spiro atoms. The van der Waals surface area contributed by atoms with E-state index in [1.807, 2.05) is 0 Å². The van der Waals surface area contributed by atoms with Crippen molar-refractivity contribution in [3.8, 4) is 0 Å². The molecule has 0 bridgehead atoms. The molecule has 12 heavy (non-hydrogen) atoms. The molecule has 0 aromatic rings. The van der Waals surface area contributed by atoms with Gasteiger partial charge in [0, 0.05) is 6.42 Å². The number of allylic oxidation sites excluding steroid dienone is 2. The van der Waals surface area contributed by atoms with Gasteiger partial charge in [0.15, 0.2) is 0 Å². The lowest BCUT2D eigenvalue weighted by atomic mass is 9.90. The standard InChI is InChI=1S/C10H15NO/c1-8-3-2-4-9(7-12)10(8)5-6-11/h4,6,11-12H,2-3,5,7H2,1H3. The fraction of sp³-hybridized carbons (Fsp3) is 0.500. The Morgan fingerprint density at radius 3 is 3.00 bits per heavy atom. The number of nitrogens with one attached hydrogen (secondary N) is 1. The molecule has 1 aliphatic rings. The Labute approximate surface area is 73.1 Å². The van der Waals surface area contributed by atoms with Crippen LogP contribution in [0.4, 0.5) is 0 Å². The van der Waals surface area contributed by atoms with Crippen LogP contribution in [0.5, 0.6) is 0 Å². The van der Waals surface area contributed by atoms with Crippen LogP contribution < -0.4 is 0 Å². The van der Waals surface area contributed by atoms with Crippen LogP contribution in [0.3, 0.4) is 0 Å². The van der Waals surface area contributed by atoms with Crippen LogP contribution >= 0.6 is 0 Å². The van der Waals surface area contributed by atoms with Crippen LogP contribution in [-0.2, 0) is 0 Å². The Hall–Kier alpha value is -0.890. The number of rotatable bonds is 3. The summed E-state index contributed by atoms with van der Waals surface area (Å²) in [7, 11) is 0. The van der Waals surface area contributed by atoms with Crippen LogP contribution in [0.1, 0.15) is 26.2 Å². The van der Waals surface area contributed by atoms with Gasteiger partial charge in [0.2, 0.25) is 0 Å². The molecule has 2 N–H and O–H groups in total. The zero-order valence-corrected chi connectivity index (χ0v) is 7.43. The van der Waals surface area contributed by atoms with E-state index in [0.717, 1.165) is 18.4 Å². The van der Waals surface area contributed by atoms with Gasteiger partial charge in [-0.15, -0.1) is 0 Å². The third-order valence-corrected chi connectivity index (χ3v) is 2.29. The summed E-state index contributed by atoms with van der Waals surface area (Å²) in [6.07, 6.45) is 6.24. The summed E-state index contributed by atoms with van der Waals surface area (Å²) in [5.41, 5.74) is 3.51. The van der Waals surface area contributed by atoms with Gasteiger partial charge in [-0.3, -0.25) is 0 Å². The summed E-state index contributed by atoms with van der Waals surface area (Å²) in [5, 5.41) is 16.1. The summed E-state index contributed by atoms with van der Waals surface area (Å²) >= 11 is 0. The van der Waals surface area contributed by atoms with Crippen molar-refractivity contribution in [2.45, 2.75) is 26.2 Å². The molecule has 0 aromatic heterocycles. The molecule has 0 aromatic carbocycles. The minimum absolute atomic E-state index is 0.112. The van der Waals surface area contributed by atoms with Crippen molar-refractivity contribution in [1.82, 2.24) is 0 Å². The highest BCUT2D eigenvalue weighted by Gasteiger charge is 2.10. The van der Waals surface area contributed by atoms with Gasteiger partial charge in [-0.1, -0.05) is 11.6 Å². The van der Waals surface area contributed by atoms with Gasteiger partial charge in [-0.05, 0) is 37.1 Å². The fourth-order valence-corrected chi connectivity index (χ4v) is 1.58. The number of hydrogen-bond acceptors (Lipinski definition) is 2. The molecule has 2 heteroatoms. The smallest absolute Gasteiger partial charge is 0.0681 e. The van der Waals surface area contributed by atoms with Gasteiger partial charge in [0.05, 0.1) is 6.61 Å². The molecule has 1 aliphatic carbocycles. The topological polar surface area (TPSA) is 44.1 Å². The first kappa shape index (κ1) is 9.20. The Bertz CT molecular complexity index is 235. The fourth-order valence-electron chi connectivity index (χ4n) is 1.58. The average Bonchev–Trinajstić information content (AvgIpc) is 2.09.